The highest BCUT2D eigenvalue weighted by Gasteiger charge is 1.99. The summed E-state index contributed by atoms with van der Waals surface area (Å²) in [5, 5.41) is 0.685. The number of halogens is 1. The van der Waals surface area contributed by atoms with E-state index in [0.29, 0.717) is 10.9 Å². The first-order chi connectivity index (χ1) is 7.75. The van der Waals surface area contributed by atoms with Crippen LogP contribution in [-0.2, 0) is 0 Å². The monoisotopic (exact) mass is 232 g/mol. The second-order valence-corrected chi connectivity index (χ2v) is 3.70. The van der Waals surface area contributed by atoms with Gasteiger partial charge in [-0.15, -0.1) is 0 Å². The molecule has 1 aromatic carbocycles. The van der Waals surface area contributed by atoms with Crippen LogP contribution in [0.2, 0.25) is 5.02 Å². The molecule has 2 rings (SSSR count). The van der Waals surface area contributed by atoms with Gasteiger partial charge in [-0.25, -0.2) is 9.98 Å². The lowest BCUT2D eigenvalue weighted by Gasteiger charge is -1.99. The van der Waals surface area contributed by atoms with Gasteiger partial charge in [-0.2, -0.15) is 0 Å². The number of aromatic amines is 1. The number of nitrogens with zero attached hydrogens (tertiary/aromatic N) is 1. The Morgan fingerprint density at radius 2 is 1.94 bits per heavy atom. The Morgan fingerprint density at radius 3 is 2.56 bits per heavy atom. The van der Waals surface area contributed by atoms with E-state index in [1.54, 1.807) is 18.3 Å². The fraction of sp³-hybridized carbons (Fsp3) is 0. The predicted octanol–water partition coefficient (Wildman–Crippen LogP) is 2.19. The third kappa shape index (κ3) is 2.58. The van der Waals surface area contributed by atoms with Crippen molar-refractivity contribution in [3.63, 3.8) is 0 Å². The molecule has 1 heterocycles. The van der Waals surface area contributed by atoms with Crippen LogP contribution in [0.25, 0.3) is 0 Å². The molecule has 0 amide bonds. The number of nitrogens with one attached hydrogen (secondary N) is 1. The average Bonchev–Trinajstić information content (AvgIpc) is 2.31. The van der Waals surface area contributed by atoms with Crippen molar-refractivity contribution in [3.05, 3.63) is 59.4 Å². The normalized spacial score (nSPS) is 11.4. The Labute approximate surface area is 98.6 Å². The van der Waals surface area contributed by atoms with E-state index in [1.165, 1.54) is 0 Å². The first kappa shape index (κ1) is 10.6. The van der Waals surface area contributed by atoms with E-state index in [9.17, 15) is 0 Å². The van der Waals surface area contributed by atoms with Crippen LogP contribution in [0.3, 0.4) is 0 Å². The van der Waals surface area contributed by atoms with E-state index in [2.05, 4.69) is 9.98 Å². The standard InChI is InChI=1S/C12H10ClN3/c13-10-5-3-9(4-6-10)12(14)16-11-2-1-7-15-8-11/h1-8H,(H2,14,16)/p+1. The van der Waals surface area contributed by atoms with Crippen molar-refractivity contribution in [2.75, 3.05) is 0 Å². The number of rotatable bonds is 2. The topological polar surface area (TPSA) is 52.5 Å². The van der Waals surface area contributed by atoms with Crippen molar-refractivity contribution in [1.82, 2.24) is 0 Å². The molecule has 4 heteroatoms. The Hall–Kier alpha value is -1.87. The molecule has 80 valence electrons. The molecular formula is C12H11ClN3+. The summed E-state index contributed by atoms with van der Waals surface area (Å²) in [6.07, 6.45) is 3.60. The molecule has 0 fully saturated rings. The molecule has 0 aliphatic carbocycles. The van der Waals surface area contributed by atoms with Crippen LogP contribution in [0.15, 0.2) is 53.8 Å². The first-order valence-corrected chi connectivity index (χ1v) is 5.20. The maximum atomic E-state index is 5.87. The van der Waals surface area contributed by atoms with Gasteiger partial charge in [-0.1, -0.05) is 11.6 Å². The Morgan fingerprint density at radius 1 is 1.19 bits per heavy atom. The molecule has 0 bridgehead atoms. The van der Waals surface area contributed by atoms with E-state index in [-0.39, 0.29) is 0 Å². The number of amidine groups is 1. The number of nitrogens with two attached hydrogens (primary N) is 1. The molecular weight excluding hydrogens is 222 g/mol. The number of hydrogen-bond acceptors (Lipinski definition) is 1. The minimum atomic E-state index is 0.469. The third-order valence-corrected chi connectivity index (χ3v) is 2.33. The van der Waals surface area contributed by atoms with Gasteiger partial charge in [0.15, 0.2) is 12.4 Å². The van der Waals surface area contributed by atoms with E-state index in [0.717, 1.165) is 11.3 Å². The Kier molecular flexibility index (Phi) is 3.17. The summed E-state index contributed by atoms with van der Waals surface area (Å²) in [4.78, 5) is 7.22. The minimum Gasteiger partial charge on any atom is -0.383 e. The molecule has 1 aromatic heterocycles. The SMILES string of the molecule is NC(=Nc1ccc[nH+]c1)c1ccc(Cl)cc1. The fourth-order valence-electron chi connectivity index (χ4n) is 1.28. The van der Waals surface area contributed by atoms with Crippen LogP contribution in [0.1, 0.15) is 5.56 Å². The second kappa shape index (κ2) is 4.77. The van der Waals surface area contributed by atoms with Crippen molar-refractivity contribution in [2.45, 2.75) is 0 Å². The molecule has 3 N–H and O–H groups in total. The maximum absolute atomic E-state index is 5.87. The smallest absolute Gasteiger partial charge is 0.193 e. The molecule has 0 radical (unpaired) electrons. The zero-order valence-corrected chi connectivity index (χ0v) is 9.28. The molecule has 16 heavy (non-hydrogen) atoms. The van der Waals surface area contributed by atoms with Crippen LogP contribution in [0.4, 0.5) is 5.69 Å². The quantitative estimate of drug-likeness (QED) is 0.626. The van der Waals surface area contributed by atoms with Gasteiger partial charge in [0.1, 0.15) is 11.5 Å². The Bertz CT molecular complexity index is 491. The number of H-pyrrole nitrogens is 1. The van der Waals surface area contributed by atoms with E-state index >= 15 is 0 Å². The number of hydrogen-bond donors (Lipinski definition) is 1. The number of pyridine rings is 1. The predicted molar refractivity (Wildman–Crippen MR) is 64.8 cm³/mol. The summed E-state index contributed by atoms with van der Waals surface area (Å²) in [6, 6.07) is 11.0. The van der Waals surface area contributed by atoms with Crippen molar-refractivity contribution in [2.24, 2.45) is 10.7 Å². The lowest BCUT2D eigenvalue weighted by Crippen LogP contribution is -2.12. The third-order valence-electron chi connectivity index (χ3n) is 2.08. The van der Waals surface area contributed by atoms with Crippen LogP contribution in [0.5, 0.6) is 0 Å². The highest BCUT2D eigenvalue weighted by atomic mass is 35.5. The zero-order valence-electron chi connectivity index (χ0n) is 8.52. The lowest BCUT2D eigenvalue weighted by atomic mass is 10.2. The zero-order chi connectivity index (χ0) is 11.4. The number of aromatic nitrogens is 1. The molecule has 0 spiro atoms. The highest BCUT2D eigenvalue weighted by molar-refractivity contribution is 6.30. The van der Waals surface area contributed by atoms with Crippen LogP contribution in [-0.4, -0.2) is 5.84 Å². The molecule has 0 aliphatic heterocycles. The van der Waals surface area contributed by atoms with Crippen molar-refractivity contribution >= 4 is 23.1 Å². The summed E-state index contributed by atoms with van der Waals surface area (Å²) < 4.78 is 0. The minimum absolute atomic E-state index is 0.469. The molecule has 0 saturated carbocycles. The van der Waals surface area contributed by atoms with E-state index in [4.69, 9.17) is 17.3 Å². The average molecular weight is 233 g/mol. The van der Waals surface area contributed by atoms with Crippen LogP contribution in [0, 0.1) is 0 Å². The number of aliphatic imine (C=N–C) groups is 1. The van der Waals surface area contributed by atoms with E-state index < -0.39 is 0 Å². The van der Waals surface area contributed by atoms with Crippen molar-refractivity contribution in [3.8, 4) is 0 Å². The summed E-state index contributed by atoms with van der Waals surface area (Å²) in [6.45, 7) is 0. The lowest BCUT2D eigenvalue weighted by molar-refractivity contribution is -0.377. The van der Waals surface area contributed by atoms with Crippen molar-refractivity contribution in [1.29, 1.82) is 0 Å². The van der Waals surface area contributed by atoms with Gasteiger partial charge in [0, 0.05) is 16.7 Å². The molecule has 0 unspecified atom stereocenters. The van der Waals surface area contributed by atoms with E-state index in [1.807, 2.05) is 30.5 Å². The summed E-state index contributed by atoms with van der Waals surface area (Å²) in [5.74, 6) is 0.469. The summed E-state index contributed by atoms with van der Waals surface area (Å²) in [7, 11) is 0. The van der Waals surface area contributed by atoms with Gasteiger partial charge in [0.05, 0.1) is 0 Å². The maximum Gasteiger partial charge on any atom is 0.193 e. The van der Waals surface area contributed by atoms with Gasteiger partial charge in [-0.3, -0.25) is 0 Å². The summed E-state index contributed by atoms with van der Waals surface area (Å²) in [5.41, 5.74) is 7.51. The molecule has 0 saturated heterocycles. The largest absolute Gasteiger partial charge is 0.383 e. The van der Waals surface area contributed by atoms with Gasteiger partial charge >= 0.3 is 0 Å². The van der Waals surface area contributed by atoms with Gasteiger partial charge in [0.2, 0.25) is 0 Å². The van der Waals surface area contributed by atoms with Gasteiger partial charge < -0.3 is 5.73 Å². The van der Waals surface area contributed by atoms with Gasteiger partial charge in [0.25, 0.3) is 0 Å². The fourth-order valence-corrected chi connectivity index (χ4v) is 1.40. The molecule has 2 aromatic rings. The van der Waals surface area contributed by atoms with Crippen LogP contribution >= 0.6 is 11.6 Å². The first-order valence-electron chi connectivity index (χ1n) is 4.82. The molecule has 3 nitrogen and oxygen atoms in total. The molecule has 0 atom stereocenters. The second-order valence-electron chi connectivity index (χ2n) is 3.27. The molecule has 0 aliphatic rings. The highest BCUT2D eigenvalue weighted by Crippen LogP contribution is 2.12. The summed E-state index contributed by atoms with van der Waals surface area (Å²) >= 11 is 5.79. The van der Waals surface area contributed by atoms with Gasteiger partial charge in [-0.05, 0) is 30.3 Å². The van der Waals surface area contributed by atoms with Crippen molar-refractivity contribution < 1.29 is 4.98 Å². The van der Waals surface area contributed by atoms with Crippen LogP contribution < -0.4 is 10.7 Å². The number of benzene rings is 1. The Balaban J connectivity index is 2.28.